The molecular weight excluding hydrogens is 374 g/mol. The molecule has 0 aliphatic carbocycles. The van der Waals surface area contributed by atoms with Crippen molar-refractivity contribution < 1.29 is 22.0 Å². The van der Waals surface area contributed by atoms with Crippen LogP contribution in [-0.2, 0) is 14.8 Å². The maximum absolute atomic E-state index is 13.2. The summed E-state index contributed by atoms with van der Waals surface area (Å²) in [5.74, 6) is -2.41. The third-order valence-electron chi connectivity index (χ3n) is 3.94. The van der Waals surface area contributed by atoms with E-state index in [1.54, 1.807) is 18.2 Å². The van der Waals surface area contributed by atoms with Crippen molar-refractivity contribution in [2.75, 3.05) is 18.9 Å². The Labute approximate surface area is 155 Å². The smallest absolute Gasteiger partial charge is 0.243 e. The number of sulfonamides is 1. The number of anilines is 1. The van der Waals surface area contributed by atoms with Crippen LogP contribution in [0.5, 0.6) is 0 Å². The predicted molar refractivity (Wildman–Crippen MR) is 98.8 cm³/mol. The van der Waals surface area contributed by atoms with Crippen molar-refractivity contribution in [3.8, 4) is 0 Å². The van der Waals surface area contributed by atoms with Crippen LogP contribution in [0, 0.1) is 11.6 Å². The molecule has 8 heteroatoms. The molecule has 0 saturated carbocycles. The zero-order valence-electron chi connectivity index (χ0n) is 14.3. The van der Waals surface area contributed by atoms with E-state index in [-0.39, 0.29) is 10.6 Å². The SMILES string of the molecule is CN(CC(=O)Nc1cc(F)cc(F)c1)S(=O)(=O)c1ccc2ccccc2c1. The van der Waals surface area contributed by atoms with Crippen LogP contribution in [0.4, 0.5) is 14.5 Å². The van der Waals surface area contributed by atoms with Gasteiger partial charge in [0, 0.05) is 18.8 Å². The molecule has 5 nitrogen and oxygen atoms in total. The monoisotopic (exact) mass is 390 g/mol. The number of likely N-dealkylation sites (N-methyl/N-ethyl adjacent to an activating group) is 1. The molecule has 3 aromatic carbocycles. The molecule has 0 bridgehead atoms. The number of carbonyl (C=O) groups is 1. The number of halogens is 2. The molecule has 0 aliphatic heterocycles. The molecule has 3 aromatic rings. The average molecular weight is 390 g/mol. The van der Waals surface area contributed by atoms with Gasteiger partial charge in [-0.1, -0.05) is 30.3 Å². The van der Waals surface area contributed by atoms with Crippen molar-refractivity contribution in [1.82, 2.24) is 4.31 Å². The van der Waals surface area contributed by atoms with Gasteiger partial charge in [0.15, 0.2) is 0 Å². The fourth-order valence-electron chi connectivity index (χ4n) is 2.62. The van der Waals surface area contributed by atoms with Crippen LogP contribution in [0.3, 0.4) is 0 Å². The summed E-state index contributed by atoms with van der Waals surface area (Å²) in [5, 5.41) is 3.93. The van der Waals surface area contributed by atoms with Crippen molar-refractivity contribution in [2.24, 2.45) is 0 Å². The fraction of sp³-hybridized carbons (Fsp3) is 0.105. The first-order valence-electron chi connectivity index (χ1n) is 7.97. The Kier molecular flexibility index (Phi) is 5.20. The molecule has 0 aliphatic rings. The highest BCUT2D eigenvalue weighted by Gasteiger charge is 2.23. The van der Waals surface area contributed by atoms with E-state index in [1.165, 1.54) is 19.2 Å². The molecule has 0 fully saturated rings. The number of nitrogens with one attached hydrogen (secondary N) is 1. The zero-order chi connectivity index (χ0) is 19.6. The maximum Gasteiger partial charge on any atom is 0.243 e. The third-order valence-corrected chi connectivity index (χ3v) is 5.74. The number of carbonyl (C=O) groups excluding carboxylic acids is 1. The van der Waals surface area contributed by atoms with E-state index in [0.717, 1.165) is 27.2 Å². The molecule has 3 rings (SSSR count). The van der Waals surface area contributed by atoms with E-state index in [4.69, 9.17) is 0 Å². The van der Waals surface area contributed by atoms with Gasteiger partial charge in [-0.2, -0.15) is 4.31 Å². The van der Waals surface area contributed by atoms with Gasteiger partial charge in [0.25, 0.3) is 0 Å². The van der Waals surface area contributed by atoms with Crippen LogP contribution in [0.1, 0.15) is 0 Å². The van der Waals surface area contributed by atoms with Gasteiger partial charge in [0.2, 0.25) is 15.9 Å². The Morgan fingerprint density at radius 3 is 2.26 bits per heavy atom. The van der Waals surface area contributed by atoms with E-state index in [0.29, 0.717) is 6.07 Å². The number of benzene rings is 3. The quantitative estimate of drug-likeness (QED) is 0.726. The van der Waals surface area contributed by atoms with Gasteiger partial charge >= 0.3 is 0 Å². The fourth-order valence-corrected chi connectivity index (χ4v) is 3.78. The van der Waals surface area contributed by atoms with Crippen molar-refractivity contribution in [3.63, 3.8) is 0 Å². The molecule has 27 heavy (non-hydrogen) atoms. The lowest BCUT2D eigenvalue weighted by Crippen LogP contribution is -2.35. The summed E-state index contributed by atoms with van der Waals surface area (Å²) >= 11 is 0. The van der Waals surface area contributed by atoms with Crippen LogP contribution in [0.15, 0.2) is 65.6 Å². The second-order valence-electron chi connectivity index (χ2n) is 5.98. The topological polar surface area (TPSA) is 66.5 Å². The minimum Gasteiger partial charge on any atom is -0.325 e. The predicted octanol–water partition coefficient (Wildman–Crippen LogP) is 3.38. The van der Waals surface area contributed by atoms with E-state index in [9.17, 15) is 22.0 Å². The van der Waals surface area contributed by atoms with Crippen molar-refractivity contribution in [1.29, 1.82) is 0 Å². The normalized spacial score (nSPS) is 11.7. The molecule has 140 valence electrons. The first kappa shape index (κ1) is 18.9. The largest absolute Gasteiger partial charge is 0.325 e. The molecule has 0 spiro atoms. The Bertz CT molecular complexity index is 1100. The van der Waals surface area contributed by atoms with Gasteiger partial charge in [-0.25, -0.2) is 17.2 Å². The lowest BCUT2D eigenvalue weighted by molar-refractivity contribution is -0.116. The molecule has 0 unspecified atom stereocenters. The molecule has 0 heterocycles. The van der Waals surface area contributed by atoms with Gasteiger partial charge in [-0.05, 0) is 35.0 Å². The van der Waals surface area contributed by atoms with Crippen LogP contribution < -0.4 is 5.32 Å². The minimum atomic E-state index is -3.91. The number of rotatable bonds is 5. The summed E-state index contributed by atoms with van der Waals surface area (Å²) in [5.41, 5.74) is -0.0889. The van der Waals surface area contributed by atoms with E-state index >= 15 is 0 Å². The molecule has 1 N–H and O–H groups in total. The summed E-state index contributed by atoms with van der Waals surface area (Å²) in [4.78, 5) is 12.1. The van der Waals surface area contributed by atoms with E-state index in [1.807, 2.05) is 12.1 Å². The van der Waals surface area contributed by atoms with Gasteiger partial charge in [0.1, 0.15) is 11.6 Å². The summed E-state index contributed by atoms with van der Waals surface area (Å²) in [6, 6.07) is 14.5. The first-order chi connectivity index (χ1) is 12.8. The number of amides is 1. The van der Waals surface area contributed by atoms with E-state index < -0.39 is 34.1 Å². The molecule has 0 radical (unpaired) electrons. The Morgan fingerprint density at radius 1 is 0.963 bits per heavy atom. The number of fused-ring (bicyclic) bond motifs is 1. The highest BCUT2D eigenvalue weighted by Crippen LogP contribution is 2.21. The second-order valence-corrected chi connectivity index (χ2v) is 8.02. The van der Waals surface area contributed by atoms with Crippen LogP contribution in [0.2, 0.25) is 0 Å². The van der Waals surface area contributed by atoms with Gasteiger partial charge in [-0.15, -0.1) is 0 Å². The van der Waals surface area contributed by atoms with Gasteiger partial charge < -0.3 is 5.32 Å². The minimum absolute atomic E-state index is 0.0494. The lowest BCUT2D eigenvalue weighted by Gasteiger charge is -2.17. The molecule has 0 aromatic heterocycles. The van der Waals surface area contributed by atoms with Crippen LogP contribution in [0.25, 0.3) is 10.8 Å². The number of nitrogens with zero attached hydrogens (tertiary/aromatic N) is 1. The Morgan fingerprint density at radius 2 is 1.59 bits per heavy atom. The molecule has 0 saturated heterocycles. The van der Waals surface area contributed by atoms with Crippen LogP contribution in [-0.4, -0.2) is 32.2 Å². The van der Waals surface area contributed by atoms with Crippen molar-refractivity contribution in [2.45, 2.75) is 4.90 Å². The van der Waals surface area contributed by atoms with Crippen molar-refractivity contribution >= 4 is 32.4 Å². The highest BCUT2D eigenvalue weighted by molar-refractivity contribution is 7.89. The zero-order valence-corrected chi connectivity index (χ0v) is 15.1. The first-order valence-corrected chi connectivity index (χ1v) is 9.41. The second kappa shape index (κ2) is 7.42. The summed E-state index contributed by atoms with van der Waals surface area (Å²) in [6.07, 6.45) is 0. The number of hydrogen-bond acceptors (Lipinski definition) is 3. The highest BCUT2D eigenvalue weighted by atomic mass is 32.2. The molecule has 0 atom stereocenters. The summed E-state index contributed by atoms with van der Waals surface area (Å²) in [6.45, 7) is -0.507. The lowest BCUT2D eigenvalue weighted by atomic mass is 10.1. The standard InChI is InChI=1S/C19H16F2N2O3S/c1-23(12-19(24)22-17-10-15(20)9-16(21)11-17)27(25,26)18-7-6-13-4-2-3-5-14(13)8-18/h2-11H,12H2,1H3,(H,22,24). The average Bonchev–Trinajstić information content (AvgIpc) is 2.60. The van der Waals surface area contributed by atoms with Gasteiger partial charge in [-0.3, -0.25) is 4.79 Å². The summed E-state index contributed by atoms with van der Waals surface area (Å²) in [7, 11) is -2.65. The number of hydrogen-bond donors (Lipinski definition) is 1. The van der Waals surface area contributed by atoms with Gasteiger partial charge in [0.05, 0.1) is 11.4 Å². The van der Waals surface area contributed by atoms with Crippen LogP contribution >= 0.6 is 0 Å². The maximum atomic E-state index is 13.2. The third kappa shape index (κ3) is 4.29. The summed E-state index contributed by atoms with van der Waals surface area (Å²) < 4.78 is 52.6. The molecular formula is C19H16F2N2O3S. The molecule has 1 amide bonds. The van der Waals surface area contributed by atoms with Crippen molar-refractivity contribution in [3.05, 3.63) is 72.3 Å². The Hall–Kier alpha value is -2.84. The van der Waals surface area contributed by atoms with E-state index in [2.05, 4.69) is 5.32 Å². The Balaban J connectivity index is 1.76.